The zero-order chi connectivity index (χ0) is 10.3. The lowest BCUT2D eigenvalue weighted by Crippen LogP contribution is -2.51. The van der Waals surface area contributed by atoms with Crippen molar-refractivity contribution in [2.24, 2.45) is 17.8 Å². The molecular formula is C13H23NS. The average Bonchev–Trinajstić information content (AvgIpc) is 3.07. The molecule has 1 nitrogen and oxygen atoms in total. The summed E-state index contributed by atoms with van der Waals surface area (Å²) < 4.78 is 0. The summed E-state index contributed by atoms with van der Waals surface area (Å²) in [7, 11) is 0. The Hall–Kier alpha value is 0.310. The van der Waals surface area contributed by atoms with Gasteiger partial charge in [0.05, 0.1) is 4.87 Å². The monoisotopic (exact) mass is 225 g/mol. The van der Waals surface area contributed by atoms with Gasteiger partial charge in [0.2, 0.25) is 0 Å². The standard InChI is InChI=1S/C13H23NS/c1-10-8-14-13(15-9-10)6-2-3-12(7-13)11-4-5-11/h10-12,14H,2-9H2,1H3. The minimum atomic E-state index is 0.498. The highest BCUT2D eigenvalue weighted by atomic mass is 32.2. The smallest absolute Gasteiger partial charge is 0.0648 e. The van der Waals surface area contributed by atoms with Gasteiger partial charge in [-0.15, -0.1) is 11.8 Å². The van der Waals surface area contributed by atoms with Crippen LogP contribution in [-0.4, -0.2) is 17.2 Å². The molecule has 0 aromatic carbocycles. The lowest BCUT2D eigenvalue weighted by atomic mass is 9.82. The number of thioether (sulfide) groups is 1. The second-order valence-corrected chi connectivity index (χ2v) is 7.39. The molecule has 1 aliphatic heterocycles. The van der Waals surface area contributed by atoms with Gasteiger partial charge in [0, 0.05) is 0 Å². The maximum absolute atomic E-state index is 3.86. The summed E-state index contributed by atoms with van der Waals surface area (Å²) in [6.45, 7) is 3.62. The summed E-state index contributed by atoms with van der Waals surface area (Å²) >= 11 is 2.23. The number of hydrogen-bond acceptors (Lipinski definition) is 2. The van der Waals surface area contributed by atoms with Crippen LogP contribution in [0.15, 0.2) is 0 Å². The van der Waals surface area contributed by atoms with Crippen molar-refractivity contribution in [2.45, 2.75) is 50.3 Å². The first-order chi connectivity index (χ1) is 7.27. The van der Waals surface area contributed by atoms with Crippen molar-refractivity contribution in [3.63, 3.8) is 0 Å². The summed E-state index contributed by atoms with van der Waals surface area (Å²) in [6.07, 6.45) is 8.94. The third kappa shape index (κ3) is 2.21. The molecule has 0 aromatic rings. The molecular weight excluding hydrogens is 202 g/mol. The quantitative estimate of drug-likeness (QED) is 0.735. The van der Waals surface area contributed by atoms with Crippen molar-refractivity contribution in [1.82, 2.24) is 5.32 Å². The summed E-state index contributed by atoms with van der Waals surface area (Å²) in [5.41, 5.74) is 0. The lowest BCUT2D eigenvalue weighted by Gasteiger charge is -2.45. The van der Waals surface area contributed by atoms with Gasteiger partial charge in [0.1, 0.15) is 0 Å². The van der Waals surface area contributed by atoms with Crippen molar-refractivity contribution in [3.05, 3.63) is 0 Å². The Balaban J connectivity index is 1.64. The number of rotatable bonds is 1. The van der Waals surface area contributed by atoms with Crippen molar-refractivity contribution < 1.29 is 0 Å². The van der Waals surface area contributed by atoms with Crippen LogP contribution in [0.4, 0.5) is 0 Å². The van der Waals surface area contributed by atoms with Gasteiger partial charge in [-0.05, 0) is 62.2 Å². The molecule has 3 fully saturated rings. The third-order valence-electron chi connectivity index (χ3n) is 4.45. The zero-order valence-corrected chi connectivity index (χ0v) is 10.6. The van der Waals surface area contributed by atoms with E-state index in [1.54, 1.807) is 0 Å². The maximum Gasteiger partial charge on any atom is 0.0648 e. The van der Waals surface area contributed by atoms with E-state index in [0.717, 1.165) is 17.8 Å². The summed E-state index contributed by atoms with van der Waals surface area (Å²) in [4.78, 5) is 0.498. The van der Waals surface area contributed by atoms with Gasteiger partial charge in [-0.3, -0.25) is 0 Å². The van der Waals surface area contributed by atoms with Crippen molar-refractivity contribution >= 4 is 11.8 Å². The number of hydrogen-bond donors (Lipinski definition) is 1. The van der Waals surface area contributed by atoms with Crippen LogP contribution < -0.4 is 5.32 Å². The number of nitrogens with one attached hydrogen (secondary N) is 1. The normalized spacial score (nSPS) is 47.0. The van der Waals surface area contributed by atoms with Crippen LogP contribution in [0.2, 0.25) is 0 Å². The molecule has 2 saturated carbocycles. The Labute approximate surface area is 97.8 Å². The van der Waals surface area contributed by atoms with E-state index in [0.29, 0.717) is 4.87 Å². The van der Waals surface area contributed by atoms with E-state index in [1.807, 2.05) is 0 Å². The summed E-state index contributed by atoms with van der Waals surface area (Å²) in [6, 6.07) is 0. The molecule has 0 aromatic heterocycles. The largest absolute Gasteiger partial charge is 0.302 e. The molecule has 0 amide bonds. The molecule has 2 aliphatic carbocycles. The molecule has 3 atom stereocenters. The van der Waals surface area contributed by atoms with Crippen LogP contribution in [-0.2, 0) is 0 Å². The highest BCUT2D eigenvalue weighted by Gasteiger charge is 2.43. The van der Waals surface area contributed by atoms with E-state index in [9.17, 15) is 0 Å². The molecule has 2 heteroatoms. The Kier molecular flexibility index (Phi) is 2.76. The van der Waals surface area contributed by atoms with Crippen LogP contribution in [0.5, 0.6) is 0 Å². The Bertz CT molecular complexity index is 229. The molecule has 1 spiro atoms. The zero-order valence-electron chi connectivity index (χ0n) is 9.80. The highest BCUT2D eigenvalue weighted by molar-refractivity contribution is 8.00. The van der Waals surface area contributed by atoms with Gasteiger partial charge in [-0.25, -0.2) is 0 Å². The molecule has 1 N–H and O–H groups in total. The minimum absolute atomic E-state index is 0.498. The molecule has 0 bridgehead atoms. The van der Waals surface area contributed by atoms with E-state index >= 15 is 0 Å². The molecule has 1 saturated heterocycles. The maximum atomic E-state index is 3.86. The third-order valence-corrected chi connectivity index (χ3v) is 6.26. The van der Waals surface area contributed by atoms with Crippen LogP contribution in [0.25, 0.3) is 0 Å². The SMILES string of the molecule is CC1CNC2(CCCC(C3CC3)C2)SC1. The van der Waals surface area contributed by atoms with Crippen LogP contribution >= 0.6 is 11.8 Å². The first-order valence-electron chi connectivity index (χ1n) is 6.66. The van der Waals surface area contributed by atoms with Crippen molar-refractivity contribution in [2.75, 3.05) is 12.3 Å². The van der Waals surface area contributed by atoms with Gasteiger partial charge in [0.25, 0.3) is 0 Å². The first-order valence-corrected chi connectivity index (χ1v) is 7.65. The topological polar surface area (TPSA) is 12.0 Å². The summed E-state index contributed by atoms with van der Waals surface area (Å²) in [5, 5.41) is 3.86. The van der Waals surface area contributed by atoms with E-state index < -0.39 is 0 Å². The fourth-order valence-electron chi connectivity index (χ4n) is 3.31. The molecule has 1 heterocycles. The fourth-order valence-corrected chi connectivity index (χ4v) is 4.84. The average molecular weight is 225 g/mol. The van der Waals surface area contributed by atoms with E-state index in [2.05, 4.69) is 24.0 Å². The minimum Gasteiger partial charge on any atom is -0.302 e. The van der Waals surface area contributed by atoms with E-state index in [-0.39, 0.29) is 0 Å². The van der Waals surface area contributed by atoms with E-state index in [1.165, 1.54) is 50.8 Å². The van der Waals surface area contributed by atoms with Crippen LogP contribution in [0, 0.1) is 17.8 Å². The fraction of sp³-hybridized carbons (Fsp3) is 1.00. The highest BCUT2D eigenvalue weighted by Crippen LogP contribution is 2.50. The molecule has 0 radical (unpaired) electrons. The second-order valence-electron chi connectivity index (χ2n) is 5.99. The van der Waals surface area contributed by atoms with Crippen molar-refractivity contribution in [1.29, 1.82) is 0 Å². The second kappa shape index (κ2) is 3.96. The Morgan fingerprint density at radius 2 is 2.07 bits per heavy atom. The molecule has 3 rings (SSSR count). The van der Waals surface area contributed by atoms with Gasteiger partial charge in [-0.1, -0.05) is 13.3 Å². The molecule has 3 aliphatic rings. The van der Waals surface area contributed by atoms with Gasteiger partial charge in [-0.2, -0.15) is 0 Å². The summed E-state index contributed by atoms with van der Waals surface area (Å²) in [5.74, 6) is 4.43. The Morgan fingerprint density at radius 1 is 1.20 bits per heavy atom. The molecule has 86 valence electrons. The van der Waals surface area contributed by atoms with Crippen LogP contribution in [0.1, 0.15) is 45.4 Å². The Morgan fingerprint density at radius 3 is 2.73 bits per heavy atom. The lowest BCUT2D eigenvalue weighted by molar-refractivity contribution is 0.227. The van der Waals surface area contributed by atoms with Crippen molar-refractivity contribution in [3.8, 4) is 0 Å². The molecule has 3 unspecified atom stereocenters. The van der Waals surface area contributed by atoms with Gasteiger partial charge >= 0.3 is 0 Å². The predicted molar refractivity (Wildman–Crippen MR) is 67.0 cm³/mol. The van der Waals surface area contributed by atoms with Gasteiger partial charge in [0.15, 0.2) is 0 Å². The molecule has 15 heavy (non-hydrogen) atoms. The predicted octanol–water partition coefficient (Wildman–Crippen LogP) is 3.26. The van der Waals surface area contributed by atoms with Crippen LogP contribution in [0.3, 0.4) is 0 Å². The first kappa shape index (κ1) is 10.5. The van der Waals surface area contributed by atoms with E-state index in [4.69, 9.17) is 0 Å². The van der Waals surface area contributed by atoms with Gasteiger partial charge < -0.3 is 5.32 Å².